The van der Waals surface area contributed by atoms with E-state index in [0.717, 1.165) is 23.8 Å². The maximum atomic E-state index is 13.6. The third-order valence-corrected chi connectivity index (χ3v) is 5.39. The van der Waals surface area contributed by atoms with E-state index in [1.807, 2.05) is 24.3 Å². The van der Waals surface area contributed by atoms with E-state index < -0.39 is 15.8 Å². The molecule has 6 heteroatoms. The van der Waals surface area contributed by atoms with E-state index in [4.69, 9.17) is 4.74 Å². The standard InChI is InChI=1S/C17H18FNO3S/c1-12-6-7-15(9-16(12)18)23(20,21)19-10-13-8-14-4-2-3-5-17(14)22-11-13/h2-7,9,13,19H,8,10-11H2,1H3/t13-/m0/s1. The first kappa shape index (κ1) is 16.0. The molecule has 1 N–H and O–H groups in total. The van der Waals surface area contributed by atoms with Crippen LogP contribution in [0.3, 0.4) is 0 Å². The largest absolute Gasteiger partial charge is 0.493 e. The van der Waals surface area contributed by atoms with Gasteiger partial charge in [-0.2, -0.15) is 0 Å². The number of nitrogens with one attached hydrogen (secondary N) is 1. The Hall–Kier alpha value is -1.92. The van der Waals surface area contributed by atoms with Gasteiger partial charge in [-0.25, -0.2) is 17.5 Å². The Morgan fingerprint density at radius 3 is 2.83 bits per heavy atom. The molecule has 1 atom stereocenters. The topological polar surface area (TPSA) is 55.4 Å². The second-order valence-electron chi connectivity index (χ2n) is 5.75. The zero-order valence-corrected chi connectivity index (χ0v) is 13.6. The minimum atomic E-state index is -3.72. The molecular formula is C17H18FNO3S. The lowest BCUT2D eigenvalue weighted by Gasteiger charge is -2.25. The highest BCUT2D eigenvalue weighted by atomic mass is 32.2. The van der Waals surface area contributed by atoms with Crippen molar-refractivity contribution in [1.82, 2.24) is 4.72 Å². The molecule has 3 rings (SSSR count). The van der Waals surface area contributed by atoms with Gasteiger partial charge in [0.2, 0.25) is 10.0 Å². The van der Waals surface area contributed by atoms with Crippen LogP contribution in [-0.4, -0.2) is 21.6 Å². The van der Waals surface area contributed by atoms with Crippen LogP contribution >= 0.6 is 0 Å². The molecule has 1 aliphatic heterocycles. The lowest BCUT2D eigenvalue weighted by molar-refractivity contribution is 0.223. The molecule has 4 nitrogen and oxygen atoms in total. The molecule has 2 aromatic rings. The van der Waals surface area contributed by atoms with Gasteiger partial charge in [0.05, 0.1) is 11.5 Å². The molecule has 1 heterocycles. The molecule has 0 amide bonds. The fourth-order valence-corrected chi connectivity index (χ4v) is 3.70. The van der Waals surface area contributed by atoms with Crippen molar-refractivity contribution in [3.8, 4) is 5.75 Å². The van der Waals surface area contributed by atoms with Crippen LogP contribution in [0.25, 0.3) is 0 Å². The van der Waals surface area contributed by atoms with Crippen LogP contribution in [0.5, 0.6) is 5.75 Å². The van der Waals surface area contributed by atoms with Gasteiger partial charge < -0.3 is 4.74 Å². The summed E-state index contributed by atoms with van der Waals surface area (Å²) in [5.41, 5.74) is 1.49. The highest BCUT2D eigenvalue weighted by Crippen LogP contribution is 2.26. The van der Waals surface area contributed by atoms with Crippen molar-refractivity contribution in [2.75, 3.05) is 13.2 Å². The van der Waals surface area contributed by atoms with Crippen molar-refractivity contribution in [3.63, 3.8) is 0 Å². The minimum Gasteiger partial charge on any atom is -0.493 e. The number of ether oxygens (including phenoxy) is 1. The molecule has 23 heavy (non-hydrogen) atoms. The van der Waals surface area contributed by atoms with Gasteiger partial charge in [0.25, 0.3) is 0 Å². The van der Waals surface area contributed by atoms with Crippen LogP contribution in [0.15, 0.2) is 47.4 Å². The Morgan fingerprint density at radius 2 is 2.04 bits per heavy atom. The van der Waals surface area contributed by atoms with Crippen LogP contribution in [-0.2, 0) is 16.4 Å². The molecular weight excluding hydrogens is 317 g/mol. The molecule has 0 radical (unpaired) electrons. The summed E-state index contributed by atoms with van der Waals surface area (Å²) < 4.78 is 46.3. The number of aryl methyl sites for hydroxylation is 1. The number of fused-ring (bicyclic) bond motifs is 1. The maximum Gasteiger partial charge on any atom is 0.240 e. The number of hydrogen-bond donors (Lipinski definition) is 1. The molecule has 0 bridgehead atoms. The average molecular weight is 335 g/mol. The minimum absolute atomic E-state index is 0.0509. The molecule has 122 valence electrons. The van der Waals surface area contributed by atoms with E-state index in [1.54, 1.807) is 6.92 Å². The SMILES string of the molecule is Cc1ccc(S(=O)(=O)NC[C@H]2COc3ccccc3C2)cc1F. The van der Waals surface area contributed by atoms with Crippen LogP contribution in [0.1, 0.15) is 11.1 Å². The Kier molecular flexibility index (Phi) is 4.37. The molecule has 0 unspecified atom stereocenters. The van der Waals surface area contributed by atoms with Crippen molar-refractivity contribution in [3.05, 3.63) is 59.4 Å². The Morgan fingerprint density at radius 1 is 1.26 bits per heavy atom. The van der Waals surface area contributed by atoms with E-state index in [9.17, 15) is 12.8 Å². The van der Waals surface area contributed by atoms with Crippen molar-refractivity contribution in [1.29, 1.82) is 0 Å². The third-order valence-electron chi connectivity index (χ3n) is 3.97. The lowest BCUT2D eigenvalue weighted by atomic mass is 9.97. The van der Waals surface area contributed by atoms with Gasteiger partial charge in [-0.05, 0) is 42.7 Å². The van der Waals surface area contributed by atoms with Gasteiger partial charge in [-0.3, -0.25) is 0 Å². The van der Waals surface area contributed by atoms with Crippen molar-refractivity contribution in [2.24, 2.45) is 5.92 Å². The molecule has 0 saturated heterocycles. The summed E-state index contributed by atoms with van der Waals surface area (Å²) in [6.45, 7) is 2.31. The van der Waals surface area contributed by atoms with E-state index in [-0.39, 0.29) is 17.4 Å². The van der Waals surface area contributed by atoms with Gasteiger partial charge in [0.1, 0.15) is 11.6 Å². The second kappa shape index (κ2) is 6.29. The highest BCUT2D eigenvalue weighted by molar-refractivity contribution is 7.89. The summed E-state index contributed by atoms with van der Waals surface area (Å²) in [5, 5.41) is 0. The summed E-state index contributed by atoms with van der Waals surface area (Å²) in [6, 6.07) is 11.6. The van der Waals surface area contributed by atoms with Gasteiger partial charge in [0, 0.05) is 12.5 Å². The van der Waals surface area contributed by atoms with Crippen LogP contribution in [0, 0.1) is 18.7 Å². The number of sulfonamides is 1. The molecule has 0 saturated carbocycles. The first-order chi connectivity index (χ1) is 11.0. The first-order valence-corrected chi connectivity index (χ1v) is 8.90. The zero-order valence-electron chi connectivity index (χ0n) is 12.8. The van der Waals surface area contributed by atoms with E-state index >= 15 is 0 Å². The average Bonchev–Trinajstić information content (AvgIpc) is 2.55. The quantitative estimate of drug-likeness (QED) is 0.934. The maximum absolute atomic E-state index is 13.6. The molecule has 2 aromatic carbocycles. The van der Waals surface area contributed by atoms with E-state index in [0.29, 0.717) is 12.2 Å². The Balaban J connectivity index is 1.67. The van der Waals surface area contributed by atoms with E-state index in [2.05, 4.69) is 4.72 Å². The van der Waals surface area contributed by atoms with E-state index in [1.165, 1.54) is 12.1 Å². The summed E-state index contributed by atoms with van der Waals surface area (Å²) in [5.74, 6) is 0.380. The number of hydrogen-bond acceptors (Lipinski definition) is 3. The molecule has 1 aliphatic rings. The van der Waals surface area contributed by atoms with Crippen LogP contribution in [0.2, 0.25) is 0 Å². The van der Waals surface area contributed by atoms with Gasteiger partial charge >= 0.3 is 0 Å². The fourth-order valence-electron chi connectivity index (χ4n) is 2.57. The van der Waals surface area contributed by atoms with Gasteiger partial charge in [0.15, 0.2) is 0 Å². The second-order valence-corrected chi connectivity index (χ2v) is 7.52. The zero-order chi connectivity index (χ0) is 16.4. The normalized spacial score (nSPS) is 17.4. The van der Waals surface area contributed by atoms with Gasteiger partial charge in [-0.1, -0.05) is 24.3 Å². The number of para-hydroxylation sites is 1. The van der Waals surface area contributed by atoms with Crippen molar-refractivity contribution >= 4 is 10.0 Å². The third kappa shape index (κ3) is 3.54. The highest BCUT2D eigenvalue weighted by Gasteiger charge is 2.22. The summed E-state index contributed by atoms with van der Waals surface area (Å²) >= 11 is 0. The molecule has 0 aliphatic carbocycles. The fraction of sp³-hybridized carbons (Fsp3) is 0.294. The monoisotopic (exact) mass is 335 g/mol. The Bertz CT molecular complexity index is 820. The number of benzene rings is 2. The predicted molar refractivity (Wildman–Crippen MR) is 85.5 cm³/mol. The molecule has 0 spiro atoms. The first-order valence-electron chi connectivity index (χ1n) is 7.42. The van der Waals surface area contributed by atoms with Gasteiger partial charge in [-0.15, -0.1) is 0 Å². The smallest absolute Gasteiger partial charge is 0.240 e. The molecule has 0 aromatic heterocycles. The van der Waals surface area contributed by atoms with Crippen molar-refractivity contribution < 1.29 is 17.5 Å². The van der Waals surface area contributed by atoms with Crippen LogP contribution in [0.4, 0.5) is 4.39 Å². The number of halogens is 1. The Labute approximate surface area is 135 Å². The van der Waals surface area contributed by atoms with Crippen molar-refractivity contribution in [2.45, 2.75) is 18.2 Å². The predicted octanol–water partition coefficient (Wildman–Crippen LogP) is 2.66. The summed E-state index contributed by atoms with van der Waals surface area (Å²) in [7, 11) is -3.72. The number of rotatable bonds is 4. The summed E-state index contributed by atoms with van der Waals surface area (Å²) in [4.78, 5) is -0.0577. The molecule has 0 fully saturated rings. The summed E-state index contributed by atoms with van der Waals surface area (Å²) in [6.07, 6.45) is 0.751. The lowest BCUT2D eigenvalue weighted by Crippen LogP contribution is -2.34. The van der Waals surface area contributed by atoms with Crippen LogP contribution < -0.4 is 9.46 Å².